The molecule has 0 saturated carbocycles. The predicted octanol–water partition coefficient (Wildman–Crippen LogP) is 3.35. The van der Waals surface area contributed by atoms with Gasteiger partial charge in [-0.25, -0.2) is 0 Å². The third kappa shape index (κ3) is 4.73. The lowest BCUT2D eigenvalue weighted by Crippen LogP contribution is -2.30. The summed E-state index contributed by atoms with van der Waals surface area (Å²) in [4.78, 5) is 25.4. The average Bonchev–Trinajstić information content (AvgIpc) is 2.54. The zero-order valence-corrected chi connectivity index (χ0v) is 14.2. The maximum Gasteiger partial charge on any atom is 0.305 e. The van der Waals surface area contributed by atoms with Crippen molar-refractivity contribution in [2.24, 2.45) is 0 Å². The molecule has 0 radical (unpaired) electrons. The summed E-state index contributed by atoms with van der Waals surface area (Å²) < 4.78 is 0. The van der Waals surface area contributed by atoms with Crippen molar-refractivity contribution < 1.29 is 14.7 Å². The first kappa shape index (κ1) is 17.8. The number of hydrogen-bond donors (Lipinski definition) is 2. The molecule has 24 heavy (non-hydrogen) atoms. The normalized spacial score (nSPS) is 11.6. The van der Waals surface area contributed by atoms with E-state index in [0.717, 1.165) is 11.3 Å². The van der Waals surface area contributed by atoms with Crippen LogP contribution in [0.5, 0.6) is 0 Å². The molecule has 1 atom stereocenters. The minimum atomic E-state index is -0.979. The molecular formula is C18H19ClN2O3. The highest BCUT2D eigenvalue weighted by Gasteiger charge is 2.19. The Morgan fingerprint density at radius 3 is 2.17 bits per heavy atom. The molecule has 0 aliphatic carbocycles. The molecule has 0 heterocycles. The third-order valence-electron chi connectivity index (χ3n) is 3.60. The molecule has 0 spiro atoms. The molecular weight excluding hydrogens is 328 g/mol. The van der Waals surface area contributed by atoms with E-state index in [1.807, 2.05) is 43.3 Å². The van der Waals surface area contributed by atoms with E-state index in [-0.39, 0.29) is 12.3 Å². The molecule has 0 aromatic heterocycles. The number of nitrogens with one attached hydrogen (secondary N) is 1. The number of carboxylic acid groups (broad SMARTS) is 1. The van der Waals surface area contributed by atoms with Gasteiger partial charge in [0.15, 0.2) is 0 Å². The van der Waals surface area contributed by atoms with E-state index in [4.69, 9.17) is 16.7 Å². The Bertz CT molecular complexity index is 712. The highest BCUT2D eigenvalue weighted by Crippen LogP contribution is 2.21. The number of benzene rings is 2. The van der Waals surface area contributed by atoms with E-state index in [2.05, 4.69) is 5.32 Å². The van der Waals surface area contributed by atoms with Crippen LogP contribution in [0, 0.1) is 0 Å². The van der Waals surface area contributed by atoms with Crippen LogP contribution in [0.2, 0.25) is 5.02 Å². The van der Waals surface area contributed by atoms with Gasteiger partial charge in [-0.2, -0.15) is 0 Å². The summed E-state index contributed by atoms with van der Waals surface area (Å²) >= 11 is 5.81. The lowest BCUT2D eigenvalue weighted by Gasteiger charge is -2.19. The molecule has 126 valence electrons. The van der Waals surface area contributed by atoms with Crippen LogP contribution < -0.4 is 10.2 Å². The van der Waals surface area contributed by atoms with Gasteiger partial charge >= 0.3 is 5.97 Å². The number of carboxylic acids is 1. The zero-order chi connectivity index (χ0) is 17.7. The average molecular weight is 347 g/mol. The fourth-order valence-electron chi connectivity index (χ4n) is 2.27. The molecule has 0 aliphatic heterocycles. The molecule has 0 bridgehead atoms. The summed E-state index contributed by atoms with van der Waals surface area (Å²) in [5, 5.41) is 12.4. The molecule has 1 amide bonds. The number of rotatable bonds is 6. The van der Waals surface area contributed by atoms with Gasteiger partial charge in [0.25, 0.3) is 5.91 Å². The first-order valence-electron chi connectivity index (χ1n) is 7.42. The van der Waals surface area contributed by atoms with E-state index < -0.39 is 12.0 Å². The first-order chi connectivity index (χ1) is 11.4. The van der Waals surface area contributed by atoms with Gasteiger partial charge in [-0.3, -0.25) is 9.59 Å². The van der Waals surface area contributed by atoms with Crippen molar-refractivity contribution >= 4 is 29.2 Å². The van der Waals surface area contributed by atoms with Crippen molar-refractivity contribution in [1.82, 2.24) is 5.32 Å². The summed E-state index contributed by atoms with van der Waals surface area (Å²) in [5.74, 6) is -1.32. The van der Waals surface area contributed by atoms with Crippen molar-refractivity contribution in [1.29, 1.82) is 0 Å². The lowest BCUT2D eigenvalue weighted by molar-refractivity contribution is -0.137. The van der Waals surface area contributed by atoms with Gasteiger partial charge in [-0.15, -0.1) is 0 Å². The van der Waals surface area contributed by atoms with Crippen LogP contribution in [0.1, 0.15) is 28.4 Å². The quantitative estimate of drug-likeness (QED) is 0.841. The minimum absolute atomic E-state index is 0.194. The second-order valence-electron chi connectivity index (χ2n) is 5.62. The Morgan fingerprint density at radius 1 is 1.08 bits per heavy atom. The smallest absolute Gasteiger partial charge is 0.305 e. The molecule has 6 heteroatoms. The molecule has 2 N–H and O–H groups in total. The number of amides is 1. The van der Waals surface area contributed by atoms with Crippen LogP contribution in [-0.4, -0.2) is 31.1 Å². The summed E-state index contributed by atoms with van der Waals surface area (Å²) in [5.41, 5.74) is 2.17. The Hall–Kier alpha value is -2.53. The standard InChI is InChI=1S/C18H19ClN2O3/c1-21(2)15-9-5-12(6-10-15)16(11-17(22)23)20-18(24)13-3-7-14(19)8-4-13/h3-10,16H,11H2,1-2H3,(H,20,24)(H,22,23)/t16-/m1/s1. The second kappa shape index (κ2) is 7.84. The van der Waals surface area contributed by atoms with Gasteiger partial charge in [-0.05, 0) is 42.0 Å². The molecule has 2 aromatic rings. The van der Waals surface area contributed by atoms with Gasteiger partial charge in [0.2, 0.25) is 0 Å². The topological polar surface area (TPSA) is 69.6 Å². The van der Waals surface area contributed by atoms with Crippen LogP contribution in [0.15, 0.2) is 48.5 Å². The van der Waals surface area contributed by atoms with Gasteiger partial charge in [0, 0.05) is 30.4 Å². The Balaban J connectivity index is 2.20. The summed E-state index contributed by atoms with van der Waals surface area (Å²) in [6, 6.07) is 13.3. The molecule has 5 nitrogen and oxygen atoms in total. The number of carbonyl (C=O) groups excluding carboxylic acids is 1. The van der Waals surface area contributed by atoms with Crippen molar-refractivity contribution in [3.8, 4) is 0 Å². The fraction of sp³-hybridized carbons (Fsp3) is 0.222. The molecule has 0 aliphatic rings. The zero-order valence-electron chi connectivity index (χ0n) is 13.5. The minimum Gasteiger partial charge on any atom is -0.481 e. The van der Waals surface area contributed by atoms with Gasteiger partial charge in [0.1, 0.15) is 0 Å². The van der Waals surface area contributed by atoms with Gasteiger partial charge in [-0.1, -0.05) is 23.7 Å². The molecule has 0 fully saturated rings. The van der Waals surface area contributed by atoms with E-state index in [9.17, 15) is 9.59 Å². The first-order valence-corrected chi connectivity index (χ1v) is 7.80. The van der Waals surface area contributed by atoms with Gasteiger partial charge < -0.3 is 15.3 Å². The number of halogens is 1. The predicted molar refractivity (Wildman–Crippen MR) is 94.7 cm³/mol. The second-order valence-corrected chi connectivity index (χ2v) is 6.05. The third-order valence-corrected chi connectivity index (χ3v) is 3.85. The Morgan fingerprint density at radius 2 is 1.67 bits per heavy atom. The summed E-state index contributed by atoms with van der Waals surface area (Å²) in [7, 11) is 3.85. The van der Waals surface area contributed by atoms with Crippen LogP contribution in [0.25, 0.3) is 0 Å². The summed E-state index contributed by atoms with van der Waals surface area (Å²) in [6.07, 6.45) is -0.194. The molecule has 0 unspecified atom stereocenters. The van der Waals surface area contributed by atoms with Crippen LogP contribution in [-0.2, 0) is 4.79 Å². The van der Waals surface area contributed by atoms with E-state index >= 15 is 0 Å². The Kier molecular flexibility index (Phi) is 5.82. The van der Waals surface area contributed by atoms with Crippen molar-refractivity contribution in [3.05, 3.63) is 64.7 Å². The van der Waals surface area contributed by atoms with Crippen LogP contribution in [0.3, 0.4) is 0 Å². The maximum atomic E-state index is 12.3. The van der Waals surface area contributed by atoms with E-state index in [0.29, 0.717) is 10.6 Å². The highest BCUT2D eigenvalue weighted by atomic mass is 35.5. The van der Waals surface area contributed by atoms with Crippen LogP contribution >= 0.6 is 11.6 Å². The SMILES string of the molecule is CN(C)c1ccc([C@@H](CC(=O)O)NC(=O)c2ccc(Cl)cc2)cc1. The fourth-order valence-corrected chi connectivity index (χ4v) is 2.40. The highest BCUT2D eigenvalue weighted by molar-refractivity contribution is 6.30. The lowest BCUT2D eigenvalue weighted by atomic mass is 10.0. The number of hydrogen-bond acceptors (Lipinski definition) is 3. The van der Waals surface area contributed by atoms with Crippen molar-refractivity contribution in [2.45, 2.75) is 12.5 Å². The number of nitrogens with zero attached hydrogens (tertiary/aromatic N) is 1. The molecule has 2 aromatic carbocycles. The van der Waals surface area contributed by atoms with Gasteiger partial charge in [0.05, 0.1) is 12.5 Å². The molecule has 2 rings (SSSR count). The number of anilines is 1. The number of aliphatic carboxylic acids is 1. The van der Waals surface area contributed by atoms with Crippen molar-refractivity contribution in [2.75, 3.05) is 19.0 Å². The summed E-state index contributed by atoms with van der Waals surface area (Å²) in [6.45, 7) is 0. The van der Waals surface area contributed by atoms with Crippen LogP contribution in [0.4, 0.5) is 5.69 Å². The van der Waals surface area contributed by atoms with E-state index in [1.54, 1.807) is 24.3 Å². The maximum absolute atomic E-state index is 12.3. The molecule has 0 saturated heterocycles. The van der Waals surface area contributed by atoms with Crippen molar-refractivity contribution in [3.63, 3.8) is 0 Å². The largest absolute Gasteiger partial charge is 0.481 e. The monoisotopic (exact) mass is 346 g/mol. The number of carbonyl (C=O) groups is 2. The Labute approximate surface area is 145 Å². The van der Waals surface area contributed by atoms with E-state index in [1.165, 1.54) is 0 Å².